The van der Waals surface area contributed by atoms with Crippen molar-refractivity contribution in [3.8, 4) is 11.4 Å². The molecule has 2 amide bonds. The third kappa shape index (κ3) is 6.37. The van der Waals surface area contributed by atoms with Gasteiger partial charge in [-0.3, -0.25) is 14.4 Å². The molecule has 3 rings (SSSR count). The van der Waals surface area contributed by atoms with Crippen molar-refractivity contribution in [3.05, 3.63) is 82.3 Å². The molecule has 1 heterocycles. The monoisotopic (exact) mass is 418 g/mol. The van der Waals surface area contributed by atoms with E-state index in [2.05, 4.69) is 20.6 Å². The van der Waals surface area contributed by atoms with Gasteiger partial charge < -0.3 is 15.6 Å². The molecule has 0 saturated carbocycles. The fraction of sp³-hybridized carbons (Fsp3) is 0.250. The predicted molar refractivity (Wildman–Crippen MR) is 121 cm³/mol. The Bertz CT molecular complexity index is 1110. The molecule has 0 saturated heterocycles. The van der Waals surface area contributed by atoms with Gasteiger partial charge in [0.25, 0.3) is 5.56 Å². The lowest BCUT2D eigenvalue weighted by Gasteiger charge is -2.18. The van der Waals surface area contributed by atoms with Crippen molar-refractivity contribution in [1.82, 2.24) is 15.3 Å². The lowest BCUT2D eigenvalue weighted by atomic mass is 10.1. The first-order chi connectivity index (χ1) is 14.9. The number of hydrogen-bond acceptors (Lipinski definition) is 4. The van der Waals surface area contributed by atoms with E-state index in [1.807, 2.05) is 37.3 Å². The molecule has 0 aliphatic heterocycles. The van der Waals surface area contributed by atoms with Gasteiger partial charge in [-0.15, -0.1) is 0 Å². The molecule has 7 heteroatoms. The first-order valence-corrected chi connectivity index (χ1v) is 10.3. The van der Waals surface area contributed by atoms with E-state index >= 15 is 0 Å². The highest BCUT2D eigenvalue weighted by molar-refractivity contribution is 5.97. The standard InChI is InChI=1S/C24H26N4O3/c1-3-8-20(27-22(30)14-17-9-5-4-6-10-17)24(31)26-19-12-7-11-18(15-19)23-25-16(2)13-21(29)28-23/h4-7,9-13,15,20H,3,8,14H2,1-2H3,(H,26,31)(H,27,30)(H,25,28,29). The second-order valence-corrected chi connectivity index (χ2v) is 7.38. The van der Waals surface area contributed by atoms with Gasteiger partial charge >= 0.3 is 0 Å². The number of anilines is 1. The summed E-state index contributed by atoms with van der Waals surface area (Å²) in [4.78, 5) is 44.1. The summed E-state index contributed by atoms with van der Waals surface area (Å²) >= 11 is 0. The van der Waals surface area contributed by atoms with Crippen molar-refractivity contribution in [2.45, 2.75) is 39.2 Å². The van der Waals surface area contributed by atoms with E-state index in [0.29, 0.717) is 29.2 Å². The van der Waals surface area contributed by atoms with Gasteiger partial charge in [0.05, 0.1) is 6.42 Å². The van der Waals surface area contributed by atoms with Crippen LogP contribution in [0, 0.1) is 6.92 Å². The Morgan fingerprint density at radius 3 is 2.55 bits per heavy atom. The fourth-order valence-electron chi connectivity index (χ4n) is 3.27. The largest absolute Gasteiger partial charge is 0.344 e. The second kappa shape index (κ2) is 10.3. The number of H-pyrrole nitrogens is 1. The molecule has 0 aliphatic carbocycles. The van der Waals surface area contributed by atoms with Crippen molar-refractivity contribution >= 4 is 17.5 Å². The number of hydrogen-bond donors (Lipinski definition) is 3. The minimum atomic E-state index is -0.637. The summed E-state index contributed by atoms with van der Waals surface area (Å²) in [6.07, 6.45) is 1.49. The van der Waals surface area contributed by atoms with Crippen LogP contribution >= 0.6 is 0 Å². The molecular formula is C24H26N4O3. The second-order valence-electron chi connectivity index (χ2n) is 7.38. The number of carbonyl (C=O) groups excluding carboxylic acids is 2. The molecule has 1 unspecified atom stereocenters. The number of rotatable bonds is 8. The molecule has 0 aliphatic rings. The zero-order valence-electron chi connectivity index (χ0n) is 17.6. The maximum atomic E-state index is 12.8. The number of benzene rings is 2. The molecule has 0 spiro atoms. The van der Waals surface area contributed by atoms with Crippen LogP contribution in [-0.2, 0) is 16.0 Å². The van der Waals surface area contributed by atoms with Gasteiger partial charge in [-0.2, -0.15) is 0 Å². The van der Waals surface area contributed by atoms with Gasteiger partial charge in [0.1, 0.15) is 11.9 Å². The smallest absolute Gasteiger partial charge is 0.251 e. The maximum Gasteiger partial charge on any atom is 0.251 e. The number of amides is 2. The van der Waals surface area contributed by atoms with Crippen LogP contribution in [0.4, 0.5) is 5.69 Å². The van der Waals surface area contributed by atoms with Gasteiger partial charge in [0, 0.05) is 23.0 Å². The summed E-state index contributed by atoms with van der Waals surface area (Å²) in [7, 11) is 0. The zero-order chi connectivity index (χ0) is 22.2. The van der Waals surface area contributed by atoms with E-state index in [4.69, 9.17) is 0 Å². The maximum absolute atomic E-state index is 12.8. The molecular weight excluding hydrogens is 392 g/mol. The number of carbonyl (C=O) groups is 2. The Kier molecular flexibility index (Phi) is 7.32. The van der Waals surface area contributed by atoms with Crippen molar-refractivity contribution in [2.24, 2.45) is 0 Å². The Morgan fingerprint density at radius 2 is 1.84 bits per heavy atom. The van der Waals surface area contributed by atoms with Crippen molar-refractivity contribution in [3.63, 3.8) is 0 Å². The van der Waals surface area contributed by atoms with Gasteiger partial charge in [0.2, 0.25) is 11.8 Å². The third-order valence-corrected chi connectivity index (χ3v) is 4.71. The van der Waals surface area contributed by atoms with Crippen LogP contribution < -0.4 is 16.2 Å². The molecule has 7 nitrogen and oxygen atoms in total. The Balaban J connectivity index is 1.70. The van der Waals surface area contributed by atoms with Gasteiger partial charge in [0.15, 0.2) is 0 Å². The topological polar surface area (TPSA) is 104 Å². The summed E-state index contributed by atoms with van der Waals surface area (Å²) in [5, 5.41) is 5.70. The molecule has 31 heavy (non-hydrogen) atoms. The molecule has 0 radical (unpaired) electrons. The number of nitrogens with zero attached hydrogens (tertiary/aromatic N) is 1. The summed E-state index contributed by atoms with van der Waals surface area (Å²) in [6, 6.07) is 17.3. The van der Waals surface area contributed by atoms with Crippen LogP contribution in [0.5, 0.6) is 0 Å². The lowest BCUT2D eigenvalue weighted by molar-refractivity contribution is -0.126. The molecule has 3 aromatic rings. The third-order valence-electron chi connectivity index (χ3n) is 4.71. The minimum Gasteiger partial charge on any atom is -0.344 e. The van der Waals surface area contributed by atoms with Crippen LogP contribution in [0.15, 0.2) is 65.5 Å². The van der Waals surface area contributed by atoms with E-state index in [1.165, 1.54) is 6.07 Å². The normalized spacial score (nSPS) is 11.5. The highest BCUT2D eigenvalue weighted by atomic mass is 16.2. The molecule has 0 fully saturated rings. The zero-order valence-corrected chi connectivity index (χ0v) is 17.6. The van der Waals surface area contributed by atoms with E-state index in [0.717, 1.165) is 12.0 Å². The molecule has 1 aromatic heterocycles. The quantitative estimate of drug-likeness (QED) is 0.522. The minimum absolute atomic E-state index is 0.199. The molecule has 3 N–H and O–H groups in total. The average Bonchev–Trinajstić information content (AvgIpc) is 2.73. The van der Waals surface area contributed by atoms with E-state index in [1.54, 1.807) is 31.2 Å². The number of aromatic amines is 1. The van der Waals surface area contributed by atoms with Gasteiger partial charge in [-0.25, -0.2) is 4.98 Å². The first kappa shape index (κ1) is 22.0. The summed E-state index contributed by atoms with van der Waals surface area (Å²) in [5.74, 6) is -0.0523. The summed E-state index contributed by atoms with van der Waals surface area (Å²) < 4.78 is 0. The van der Waals surface area contributed by atoms with E-state index < -0.39 is 6.04 Å². The van der Waals surface area contributed by atoms with Crippen LogP contribution in [-0.4, -0.2) is 27.8 Å². The lowest BCUT2D eigenvalue weighted by Crippen LogP contribution is -2.44. The Labute approximate surface area is 180 Å². The first-order valence-electron chi connectivity index (χ1n) is 10.3. The van der Waals surface area contributed by atoms with Crippen molar-refractivity contribution in [1.29, 1.82) is 0 Å². The number of aryl methyl sites for hydroxylation is 1. The number of nitrogens with one attached hydrogen (secondary N) is 3. The predicted octanol–water partition coefficient (Wildman–Crippen LogP) is 3.21. The molecule has 2 aromatic carbocycles. The highest BCUT2D eigenvalue weighted by Gasteiger charge is 2.20. The molecule has 160 valence electrons. The average molecular weight is 418 g/mol. The van der Waals surface area contributed by atoms with Gasteiger partial charge in [-0.1, -0.05) is 55.8 Å². The van der Waals surface area contributed by atoms with Crippen LogP contribution in [0.2, 0.25) is 0 Å². The van der Waals surface area contributed by atoms with Crippen LogP contribution in [0.3, 0.4) is 0 Å². The number of aromatic nitrogens is 2. The summed E-state index contributed by atoms with van der Waals surface area (Å²) in [6.45, 7) is 3.71. The fourth-order valence-corrected chi connectivity index (χ4v) is 3.27. The highest BCUT2D eigenvalue weighted by Crippen LogP contribution is 2.19. The Morgan fingerprint density at radius 1 is 1.06 bits per heavy atom. The van der Waals surface area contributed by atoms with Crippen LogP contribution in [0.25, 0.3) is 11.4 Å². The Hall–Kier alpha value is -3.74. The SMILES string of the molecule is CCCC(NC(=O)Cc1ccccc1)C(=O)Nc1cccc(-c2nc(C)cc(=O)[nH]2)c1. The summed E-state index contributed by atoms with van der Waals surface area (Å²) in [5.41, 5.74) is 2.50. The van der Waals surface area contributed by atoms with Crippen molar-refractivity contribution < 1.29 is 9.59 Å². The molecule has 0 bridgehead atoms. The van der Waals surface area contributed by atoms with Crippen molar-refractivity contribution in [2.75, 3.05) is 5.32 Å². The van der Waals surface area contributed by atoms with Crippen LogP contribution in [0.1, 0.15) is 31.0 Å². The molecule has 1 atom stereocenters. The van der Waals surface area contributed by atoms with E-state index in [-0.39, 0.29) is 23.8 Å². The van der Waals surface area contributed by atoms with Gasteiger partial charge in [-0.05, 0) is 31.0 Å². The van der Waals surface area contributed by atoms with E-state index in [9.17, 15) is 14.4 Å².